The molecule has 0 bridgehead atoms. The van der Waals surface area contributed by atoms with Gasteiger partial charge >= 0.3 is 0 Å². The molecule has 0 saturated heterocycles. The van der Waals surface area contributed by atoms with Crippen LogP contribution < -0.4 is 5.32 Å². The number of hydrogen-bond donors (Lipinski definition) is 3. The summed E-state index contributed by atoms with van der Waals surface area (Å²) in [6.45, 7) is 3.88. The van der Waals surface area contributed by atoms with Crippen LogP contribution in [0.5, 0.6) is 5.75 Å². The normalized spacial score (nSPS) is 12.0. The van der Waals surface area contributed by atoms with E-state index in [0.717, 1.165) is 16.7 Å². The molecular formula is C17H18BrNO3. The van der Waals surface area contributed by atoms with Gasteiger partial charge in [-0.2, -0.15) is 0 Å². The molecule has 0 spiro atoms. The third kappa shape index (κ3) is 3.87. The molecule has 0 radical (unpaired) electrons. The third-order valence-electron chi connectivity index (χ3n) is 3.37. The number of nitrogens with one attached hydrogen (secondary N) is 1. The Kier molecular flexibility index (Phi) is 5.21. The van der Waals surface area contributed by atoms with Crippen LogP contribution in [0.3, 0.4) is 0 Å². The first kappa shape index (κ1) is 16.5. The number of phenolic OH excluding ortho intramolecular Hbond substituents is 1. The van der Waals surface area contributed by atoms with Crippen LogP contribution in [0, 0.1) is 13.8 Å². The van der Waals surface area contributed by atoms with Crippen LogP contribution in [-0.4, -0.2) is 22.7 Å². The van der Waals surface area contributed by atoms with Crippen molar-refractivity contribution in [2.24, 2.45) is 0 Å². The summed E-state index contributed by atoms with van der Waals surface area (Å²) in [5, 5.41) is 22.7. The van der Waals surface area contributed by atoms with Gasteiger partial charge in [-0.15, -0.1) is 0 Å². The Labute approximate surface area is 137 Å². The highest BCUT2D eigenvalue weighted by molar-refractivity contribution is 9.10. The molecule has 116 valence electrons. The summed E-state index contributed by atoms with van der Waals surface area (Å²) < 4.78 is 0.469. The second-order valence-corrected chi connectivity index (χ2v) is 6.13. The number of hydrogen-bond acceptors (Lipinski definition) is 3. The molecule has 1 unspecified atom stereocenters. The summed E-state index contributed by atoms with van der Waals surface area (Å²) in [5.41, 5.74) is 2.88. The van der Waals surface area contributed by atoms with E-state index >= 15 is 0 Å². The van der Waals surface area contributed by atoms with Gasteiger partial charge in [0.25, 0.3) is 5.91 Å². The van der Waals surface area contributed by atoms with Gasteiger partial charge in [0.1, 0.15) is 5.75 Å². The monoisotopic (exact) mass is 363 g/mol. The van der Waals surface area contributed by atoms with Crippen molar-refractivity contribution >= 4 is 21.8 Å². The molecule has 0 aliphatic rings. The second-order valence-electron chi connectivity index (χ2n) is 5.28. The second kappa shape index (κ2) is 6.94. The number of aryl methyl sites for hydroxylation is 2. The summed E-state index contributed by atoms with van der Waals surface area (Å²) in [7, 11) is 0. The van der Waals surface area contributed by atoms with Gasteiger partial charge in [0, 0.05) is 6.54 Å². The van der Waals surface area contributed by atoms with E-state index in [1.165, 1.54) is 0 Å². The number of phenols is 1. The fraction of sp³-hybridized carbons (Fsp3) is 0.235. The molecule has 2 aromatic carbocycles. The summed E-state index contributed by atoms with van der Waals surface area (Å²) in [5.74, 6) is -0.527. The number of carbonyl (C=O) groups is 1. The summed E-state index contributed by atoms with van der Waals surface area (Å²) in [6, 6.07) is 10.8. The summed E-state index contributed by atoms with van der Waals surface area (Å²) in [4.78, 5) is 12.2. The molecule has 22 heavy (non-hydrogen) atoms. The average molecular weight is 364 g/mol. The van der Waals surface area contributed by atoms with Crippen molar-refractivity contribution in [2.75, 3.05) is 6.54 Å². The Morgan fingerprint density at radius 3 is 2.45 bits per heavy atom. The average Bonchev–Trinajstić information content (AvgIpc) is 2.48. The largest absolute Gasteiger partial charge is 0.506 e. The van der Waals surface area contributed by atoms with Crippen molar-refractivity contribution < 1.29 is 15.0 Å². The molecule has 2 aromatic rings. The van der Waals surface area contributed by atoms with Gasteiger partial charge in [-0.3, -0.25) is 4.79 Å². The van der Waals surface area contributed by atoms with Crippen molar-refractivity contribution in [2.45, 2.75) is 20.0 Å². The lowest BCUT2D eigenvalue weighted by molar-refractivity contribution is 0.0913. The van der Waals surface area contributed by atoms with E-state index < -0.39 is 12.0 Å². The first-order valence-electron chi connectivity index (χ1n) is 6.90. The van der Waals surface area contributed by atoms with E-state index in [2.05, 4.69) is 21.2 Å². The number of aliphatic hydroxyl groups is 1. The molecular weight excluding hydrogens is 346 g/mol. The molecule has 0 saturated carbocycles. The van der Waals surface area contributed by atoms with Gasteiger partial charge < -0.3 is 15.5 Å². The highest BCUT2D eigenvalue weighted by Gasteiger charge is 2.16. The Morgan fingerprint density at radius 1 is 1.18 bits per heavy atom. The van der Waals surface area contributed by atoms with Crippen molar-refractivity contribution in [1.82, 2.24) is 5.32 Å². The molecule has 0 heterocycles. The van der Waals surface area contributed by atoms with E-state index in [-0.39, 0.29) is 17.9 Å². The van der Waals surface area contributed by atoms with E-state index in [4.69, 9.17) is 0 Å². The molecule has 3 N–H and O–H groups in total. The molecule has 0 aliphatic carbocycles. The Hall–Kier alpha value is -1.85. The standard InChI is InChI=1S/C17H18BrNO3/c1-10-3-5-12(6-4-10)15(20)9-19-17(22)13-7-11(2)8-14(18)16(13)21/h3-8,15,20-21H,9H2,1-2H3,(H,19,22). The third-order valence-corrected chi connectivity index (χ3v) is 3.97. The van der Waals surface area contributed by atoms with Crippen LogP contribution in [-0.2, 0) is 0 Å². The Balaban J connectivity index is 2.05. The van der Waals surface area contributed by atoms with Crippen molar-refractivity contribution in [3.8, 4) is 5.75 Å². The first-order valence-corrected chi connectivity index (χ1v) is 7.69. The van der Waals surface area contributed by atoms with E-state index in [0.29, 0.717) is 4.47 Å². The highest BCUT2D eigenvalue weighted by atomic mass is 79.9. The molecule has 5 heteroatoms. The number of halogens is 1. The number of carbonyl (C=O) groups excluding carboxylic acids is 1. The topological polar surface area (TPSA) is 69.6 Å². The number of amides is 1. The fourth-order valence-corrected chi connectivity index (χ4v) is 2.67. The van der Waals surface area contributed by atoms with Gasteiger partial charge in [0.2, 0.25) is 0 Å². The van der Waals surface area contributed by atoms with Crippen molar-refractivity contribution in [3.63, 3.8) is 0 Å². The maximum atomic E-state index is 12.2. The van der Waals surface area contributed by atoms with Crippen LogP contribution in [0.4, 0.5) is 0 Å². The smallest absolute Gasteiger partial charge is 0.255 e. The van der Waals surface area contributed by atoms with Gasteiger partial charge in [0.15, 0.2) is 0 Å². The molecule has 2 rings (SSSR count). The van der Waals surface area contributed by atoms with E-state index in [1.54, 1.807) is 12.1 Å². The zero-order valence-corrected chi connectivity index (χ0v) is 14.0. The minimum Gasteiger partial charge on any atom is -0.506 e. The lowest BCUT2D eigenvalue weighted by Crippen LogP contribution is -2.28. The maximum Gasteiger partial charge on any atom is 0.255 e. The molecule has 4 nitrogen and oxygen atoms in total. The molecule has 0 aliphatic heterocycles. The van der Waals surface area contributed by atoms with Crippen molar-refractivity contribution in [3.05, 3.63) is 63.1 Å². The lowest BCUT2D eigenvalue weighted by atomic mass is 10.1. The van der Waals surface area contributed by atoms with Gasteiger partial charge in [-0.25, -0.2) is 0 Å². The predicted molar refractivity (Wildman–Crippen MR) is 89.0 cm³/mol. The van der Waals surface area contributed by atoms with Crippen LogP contribution in [0.15, 0.2) is 40.9 Å². The quantitative estimate of drug-likeness (QED) is 0.780. The molecule has 0 fully saturated rings. The number of rotatable bonds is 4. The SMILES string of the molecule is Cc1ccc(C(O)CNC(=O)c2cc(C)cc(Br)c2O)cc1. The van der Waals surface area contributed by atoms with Crippen LogP contribution >= 0.6 is 15.9 Å². The number of aromatic hydroxyl groups is 1. The van der Waals surface area contributed by atoms with Gasteiger partial charge in [-0.1, -0.05) is 29.8 Å². The van der Waals surface area contributed by atoms with E-state index in [1.807, 2.05) is 38.1 Å². The first-order chi connectivity index (χ1) is 10.4. The Morgan fingerprint density at radius 2 is 1.82 bits per heavy atom. The predicted octanol–water partition coefficient (Wildman–Crippen LogP) is 3.23. The van der Waals surface area contributed by atoms with E-state index in [9.17, 15) is 15.0 Å². The van der Waals surface area contributed by atoms with Crippen molar-refractivity contribution in [1.29, 1.82) is 0 Å². The molecule has 1 atom stereocenters. The zero-order valence-electron chi connectivity index (χ0n) is 12.4. The molecule has 1 amide bonds. The Bertz CT molecular complexity index is 683. The summed E-state index contributed by atoms with van der Waals surface area (Å²) >= 11 is 3.21. The van der Waals surface area contributed by atoms with Crippen LogP contribution in [0.2, 0.25) is 0 Å². The van der Waals surface area contributed by atoms with Gasteiger partial charge in [-0.05, 0) is 53.0 Å². The highest BCUT2D eigenvalue weighted by Crippen LogP contribution is 2.29. The van der Waals surface area contributed by atoms with Crippen LogP contribution in [0.25, 0.3) is 0 Å². The van der Waals surface area contributed by atoms with Crippen LogP contribution in [0.1, 0.15) is 33.2 Å². The zero-order chi connectivity index (χ0) is 16.3. The lowest BCUT2D eigenvalue weighted by Gasteiger charge is -2.14. The van der Waals surface area contributed by atoms with Gasteiger partial charge in [0.05, 0.1) is 16.1 Å². The number of aliphatic hydroxyl groups excluding tert-OH is 1. The fourth-order valence-electron chi connectivity index (χ4n) is 2.10. The minimum absolute atomic E-state index is 0.0763. The maximum absolute atomic E-state index is 12.2. The number of benzene rings is 2. The summed E-state index contributed by atoms with van der Waals surface area (Å²) in [6.07, 6.45) is -0.792. The molecule has 0 aromatic heterocycles. The minimum atomic E-state index is -0.792.